The molecule has 0 spiro atoms. The zero-order valence-electron chi connectivity index (χ0n) is 10.2. The lowest BCUT2D eigenvalue weighted by Crippen LogP contribution is -2.04. The molecule has 94 valence electrons. The van der Waals surface area contributed by atoms with Crippen molar-refractivity contribution in [3.63, 3.8) is 0 Å². The van der Waals surface area contributed by atoms with Crippen LogP contribution in [0.1, 0.15) is 10.5 Å². The Bertz CT molecular complexity index is 799. The minimum Gasteiger partial charge on any atom is -0.464 e. The summed E-state index contributed by atoms with van der Waals surface area (Å²) < 4.78 is 4.69. The highest BCUT2D eigenvalue weighted by atomic mass is 35.5. The van der Waals surface area contributed by atoms with Crippen LogP contribution >= 0.6 is 11.6 Å². The van der Waals surface area contributed by atoms with Crippen LogP contribution < -0.4 is 0 Å². The molecule has 4 heteroatoms. The van der Waals surface area contributed by atoms with E-state index >= 15 is 0 Å². The molecule has 0 unspecified atom stereocenters. The first-order chi connectivity index (χ1) is 9.20. The second kappa shape index (κ2) is 4.52. The van der Waals surface area contributed by atoms with Gasteiger partial charge in [0.2, 0.25) is 0 Å². The lowest BCUT2D eigenvalue weighted by atomic mass is 10.1. The van der Waals surface area contributed by atoms with E-state index < -0.39 is 5.97 Å². The van der Waals surface area contributed by atoms with Crippen LogP contribution in [0, 0.1) is 0 Å². The van der Waals surface area contributed by atoms with E-state index in [0.29, 0.717) is 10.5 Å². The fourth-order valence-electron chi connectivity index (χ4n) is 2.13. The maximum Gasteiger partial charge on any atom is 0.356 e. The Morgan fingerprint density at radius 2 is 1.95 bits per heavy atom. The molecule has 0 fully saturated rings. The van der Waals surface area contributed by atoms with Gasteiger partial charge in [0.1, 0.15) is 0 Å². The summed E-state index contributed by atoms with van der Waals surface area (Å²) in [6, 6.07) is 13.3. The molecule has 0 amide bonds. The van der Waals surface area contributed by atoms with Crippen LogP contribution in [0.4, 0.5) is 0 Å². The first-order valence-corrected chi connectivity index (χ1v) is 6.15. The number of halogens is 1. The van der Waals surface area contributed by atoms with Gasteiger partial charge in [0, 0.05) is 10.8 Å². The first kappa shape index (κ1) is 11.9. The van der Waals surface area contributed by atoms with Crippen molar-refractivity contribution in [3.8, 4) is 0 Å². The predicted molar refractivity (Wildman–Crippen MR) is 75.6 cm³/mol. The third-order valence-electron chi connectivity index (χ3n) is 3.05. The van der Waals surface area contributed by atoms with E-state index in [4.69, 9.17) is 16.3 Å². The van der Waals surface area contributed by atoms with Crippen molar-refractivity contribution < 1.29 is 9.53 Å². The van der Waals surface area contributed by atoms with Crippen LogP contribution in [0.3, 0.4) is 0 Å². The summed E-state index contributed by atoms with van der Waals surface area (Å²) in [6.45, 7) is 0. The zero-order chi connectivity index (χ0) is 13.4. The molecule has 19 heavy (non-hydrogen) atoms. The van der Waals surface area contributed by atoms with Crippen molar-refractivity contribution in [3.05, 3.63) is 53.2 Å². The molecule has 3 aromatic rings. The minimum absolute atomic E-state index is 0.219. The van der Waals surface area contributed by atoms with E-state index in [2.05, 4.69) is 4.98 Å². The average molecular weight is 272 g/mol. The van der Waals surface area contributed by atoms with Gasteiger partial charge >= 0.3 is 5.97 Å². The molecule has 2 aromatic carbocycles. The number of hydrogen-bond donors (Lipinski definition) is 0. The highest BCUT2D eigenvalue weighted by Crippen LogP contribution is 2.29. The van der Waals surface area contributed by atoms with E-state index in [0.717, 1.165) is 16.2 Å². The highest BCUT2D eigenvalue weighted by molar-refractivity contribution is 6.36. The SMILES string of the molecule is COC(=O)c1cc(Cl)c2ccc3ccccc3c2n1. The van der Waals surface area contributed by atoms with Gasteiger partial charge in [-0.15, -0.1) is 0 Å². The van der Waals surface area contributed by atoms with Crippen LogP contribution in [0.25, 0.3) is 21.7 Å². The third-order valence-corrected chi connectivity index (χ3v) is 3.36. The Labute approximate surface area is 114 Å². The van der Waals surface area contributed by atoms with Crippen LogP contribution in [0.5, 0.6) is 0 Å². The van der Waals surface area contributed by atoms with Gasteiger partial charge in [-0.3, -0.25) is 0 Å². The topological polar surface area (TPSA) is 39.2 Å². The van der Waals surface area contributed by atoms with Crippen LogP contribution in [0.2, 0.25) is 5.02 Å². The minimum atomic E-state index is -0.489. The molecule has 0 saturated heterocycles. The van der Waals surface area contributed by atoms with Crippen LogP contribution in [0.15, 0.2) is 42.5 Å². The maximum absolute atomic E-state index is 11.6. The third kappa shape index (κ3) is 1.92. The predicted octanol–water partition coefficient (Wildman–Crippen LogP) is 3.83. The summed E-state index contributed by atoms with van der Waals surface area (Å²) in [7, 11) is 1.32. The van der Waals surface area contributed by atoms with E-state index in [-0.39, 0.29) is 5.69 Å². The number of aromatic nitrogens is 1. The van der Waals surface area contributed by atoms with Gasteiger partial charge in [0.05, 0.1) is 17.6 Å². The number of carbonyl (C=O) groups is 1. The quantitative estimate of drug-likeness (QED) is 0.499. The number of rotatable bonds is 1. The van der Waals surface area contributed by atoms with Gasteiger partial charge in [0.15, 0.2) is 5.69 Å². The molecule has 0 bridgehead atoms. The molecule has 3 nitrogen and oxygen atoms in total. The molecule has 0 aliphatic rings. The van der Waals surface area contributed by atoms with Gasteiger partial charge in [-0.05, 0) is 11.5 Å². The fourth-order valence-corrected chi connectivity index (χ4v) is 2.38. The number of methoxy groups -OCH3 is 1. The number of fused-ring (bicyclic) bond motifs is 3. The molecule has 0 aliphatic heterocycles. The number of carbonyl (C=O) groups excluding carboxylic acids is 1. The summed E-state index contributed by atoms with van der Waals surface area (Å²) in [5.41, 5.74) is 0.933. The largest absolute Gasteiger partial charge is 0.464 e. The normalized spacial score (nSPS) is 10.8. The number of hydrogen-bond acceptors (Lipinski definition) is 3. The second-order valence-corrected chi connectivity index (χ2v) is 4.57. The Balaban J connectivity index is 2.43. The standard InChI is InChI=1S/C15H10ClNO2/c1-19-15(18)13-8-12(16)11-7-6-9-4-2-3-5-10(9)14(11)17-13/h2-8H,1H3. The zero-order valence-corrected chi connectivity index (χ0v) is 10.9. The van der Waals surface area contributed by atoms with Crippen molar-refractivity contribution in [2.75, 3.05) is 7.11 Å². The van der Waals surface area contributed by atoms with Gasteiger partial charge < -0.3 is 4.74 Å². The van der Waals surface area contributed by atoms with E-state index in [1.807, 2.05) is 36.4 Å². The Hall–Kier alpha value is -2.13. The summed E-state index contributed by atoms with van der Waals surface area (Å²) in [5, 5.41) is 3.34. The molecular weight excluding hydrogens is 262 g/mol. The highest BCUT2D eigenvalue weighted by Gasteiger charge is 2.12. The average Bonchev–Trinajstić information content (AvgIpc) is 2.46. The summed E-state index contributed by atoms with van der Waals surface area (Å²) in [6.07, 6.45) is 0. The summed E-state index contributed by atoms with van der Waals surface area (Å²) in [5.74, 6) is -0.489. The summed E-state index contributed by atoms with van der Waals surface area (Å²) in [4.78, 5) is 16.0. The lowest BCUT2D eigenvalue weighted by molar-refractivity contribution is 0.0594. The maximum atomic E-state index is 11.6. The van der Waals surface area contributed by atoms with E-state index in [1.165, 1.54) is 13.2 Å². The van der Waals surface area contributed by atoms with Crippen molar-refractivity contribution in [2.45, 2.75) is 0 Å². The Kier molecular flexibility index (Phi) is 2.84. The van der Waals surface area contributed by atoms with Gasteiger partial charge in [-0.2, -0.15) is 0 Å². The van der Waals surface area contributed by atoms with Crippen LogP contribution in [-0.2, 0) is 4.74 Å². The lowest BCUT2D eigenvalue weighted by Gasteiger charge is -2.07. The number of esters is 1. The van der Waals surface area contributed by atoms with E-state index in [9.17, 15) is 4.79 Å². The molecule has 1 aromatic heterocycles. The molecule has 0 N–H and O–H groups in total. The Morgan fingerprint density at radius 1 is 1.16 bits per heavy atom. The smallest absolute Gasteiger partial charge is 0.356 e. The summed E-state index contributed by atoms with van der Waals surface area (Å²) >= 11 is 6.22. The van der Waals surface area contributed by atoms with Gasteiger partial charge in [-0.25, -0.2) is 9.78 Å². The number of ether oxygens (including phenoxy) is 1. The van der Waals surface area contributed by atoms with Crippen LogP contribution in [-0.4, -0.2) is 18.1 Å². The van der Waals surface area contributed by atoms with Gasteiger partial charge in [-0.1, -0.05) is 48.0 Å². The molecular formula is C15H10ClNO2. The monoisotopic (exact) mass is 271 g/mol. The fraction of sp³-hybridized carbons (Fsp3) is 0.0667. The number of nitrogens with zero attached hydrogens (tertiary/aromatic N) is 1. The van der Waals surface area contributed by atoms with E-state index in [1.54, 1.807) is 0 Å². The number of pyridine rings is 1. The molecule has 0 aliphatic carbocycles. The molecule has 3 rings (SSSR count). The van der Waals surface area contributed by atoms with Crippen molar-refractivity contribution in [1.82, 2.24) is 4.98 Å². The molecule has 0 atom stereocenters. The molecule has 0 saturated carbocycles. The first-order valence-electron chi connectivity index (χ1n) is 5.77. The molecule has 1 heterocycles. The number of benzene rings is 2. The van der Waals surface area contributed by atoms with Crippen molar-refractivity contribution in [2.24, 2.45) is 0 Å². The van der Waals surface area contributed by atoms with Gasteiger partial charge in [0.25, 0.3) is 0 Å². The van der Waals surface area contributed by atoms with Crippen molar-refractivity contribution >= 4 is 39.2 Å². The molecule has 0 radical (unpaired) electrons. The second-order valence-electron chi connectivity index (χ2n) is 4.16. The van der Waals surface area contributed by atoms with Crippen molar-refractivity contribution in [1.29, 1.82) is 0 Å². The Morgan fingerprint density at radius 3 is 2.74 bits per heavy atom.